The van der Waals surface area contributed by atoms with E-state index in [1.807, 2.05) is 0 Å². The quantitative estimate of drug-likeness (QED) is 0.580. The van der Waals surface area contributed by atoms with Gasteiger partial charge >= 0.3 is 6.18 Å². The van der Waals surface area contributed by atoms with E-state index in [1.165, 1.54) is 41.1 Å². The number of nitrogens with one attached hydrogen (secondary N) is 1. The van der Waals surface area contributed by atoms with E-state index in [4.69, 9.17) is 0 Å². The Bertz CT molecular complexity index is 1130. The van der Waals surface area contributed by atoms with Crippen LogP contribution in [0.1, 0.15) is 28.7 Å². The second kappa shape index (κ2) is 9.16. The minimum absolute atomic E-state index is 0.0281. The van der Waals surface area contributed by atoms with Gasteiger partial charge in [0.05, 0.1) is 22.6 Å². The van der Waals surface area contributed by atoms with Gasteiger partial charge in [-0.2, -0.15) is 13.2 Å². The van der Waals surface area contributed by atoms with Crippen molar-refractivity contribution in [2.75, 3.05) is 18.4 Å². The van der Waals surface area contributed by atoms with Crippen molar-refractivity contribution >= 4 is 17.5 Å². The summed E-state index contributed by atoms with van der Waals surface area (Å²) in [5.41, 5.74) is -0.560. The van der Waals surface area contributed by atoms with E-state index in [1.54, 1.807) is 13.8 Å². The average molecular weight is 449 g/mol. The van der Waals surface area contributed by atoms with Gasteiger partial charge < -0.3 is 10.2 Å². The summed E-state index contributed by atoms with van der Waals surface area (Å²) in [4.78, 5) is 26.4. The number of hydrogen-bond donors (Lipinski definition) is 1. The highest BCUT2D eigenvalue weighted by molar-refractivity contribution is 5.99. The van der Waals surface area contributed by atoms with E-state index >= 15 is 0 Å². The molecule has 11 heteroatoms. The van der Waals surface area contributed by atoms with E-state index in [0.29, 0.717) is 11.4 Å². The smallest absolute Gasteiger partial charge is 0.328 e. The molecule has 2 aromatic carbocycles. The molecule has 1 aromatic heterocycles. The third kappa shape index (κ3) is 4.93. The summed E-state index contributed by atoms with van der Waals surface area (Å²) in [6, 6.07) is 9.98. The molecule has 168 valence electrons. The molecule has 2 amide bonds. The fourth-order valence-corrected chi connectivity index (χ4v) is 3.03. The van der Waals surface area contributed by atoms with Crippen LogP contribution < -0.4 is 5.32 Å². The molecule has 0 fully saturated rings. The van der Waals surface area contributed by atoms with Gasteiger partial charge in [0.1, 0.15) is 12.4 Å². The third-order valence-electron chi connectivity index (χ3n) is 4.68. The first kappa shape index (κ1) is 22.9. The number of rotatable bonds is 6. The predicted octanol–water partition coefficient (Wildman–Crippen LogP) is 3.83. The zero-order chi connectivity index (χ0) is 23.5. The van der Waals surface area contributed by atoms with Gasteiger partial charge in [-0.25, -0.2) is 9.07 Å². The molecular formula is C21H19F4N5O2. The first-order valence-corrected chi connectivity index (χ1v) is 9.55. The van der Waals surface area contributed by atoms with Crippen LogP contribution in [0.15, 0.2) is 48.5 Å². The molecule has 0 aliphatic rings. The molecule has 7 nitrogen and oxygen atoms in total. The third-order valence-corrected chi connectivity index (χ3v) is 4.68. The van der Waals surface area contributed by atoms with Gasteiger partial charge in [0, 0.05) is 6.54 Å². The topological polar surface area (TPSA) is 80.1 Å². The van der Waals surface area contributed by atoms with Crippen molar-refractivity contribution in [2.24, 2.45) is 0 Å². The van der Waals surface area contributed by atoms with Crippen LogP contribution in [0.4, 0.5) is 23.2 Å². The predicted molar refractivity (Wildman–Crippen MR) is 108 cm³/mol. The van der Waals surface area contributed by atoms with Crippen molar-refractivity contribution in [3.05, 3.63) is 71.3 Å². The van der Waals surface area contributed by atoms with Crippen LogP contribution >= 0.6 is 0 Å². The van der Waals surface area contributed by atoms with Gasteiger partial charge in [-0.15, -0.1) is 5.10 Å². The molecule has 0 bridgehead atoms. The fourth-order valence-electron chi connectivity index (χ4n) is 3.03. The Hall–Kier alpha value is -3.76. The minimum atomic E-state index is -4.64. The van der Waals surface area contributed by atoms with Gasteiger partial charge in [-0.1, -0.05) is 17.3 Å². The zero-order valence-electron chi connectivity index (χ0n) is 17.2. The lowest BCUT2D eigenvalue weighted by Gasteiger charge is -2.20. The van der Waals surface area contributed by atoms with Crippen molar-refractivity contribution in [3.8, 4) is 5.69 Å². The van der Waals surface area contributed by atoms with E-state index in [0.717, 1.165) is 17.0 Å². The standard InChI is InChI=1S/C21H19F4N5O2/c1-3-29(12-18(31)26-17-7-5-4-6-16(17)21(23,24)25)20(32)19-13(2)30(28-27-19)15-10-8-14(22)9-11-15/h4-11H,3,12H2,1-2H3,(H,26,31). The lowest BCUT2D eigenvalue weighted by molar-refractivity contribution is -0.137. The molecule has 0 saturated carbocycles. The van der Waals surface area contributed by atoms with Gasteiger partial charge in [0.25, 0.3) is 5.91 Å². The summed E-state index contributed by atoms with van der Waals surface area (Å²) < 4.78 is 53.9. The molecule has 0 unspecified atom stereocenters. The number of para-hydroxylation sites is 1. The monoisotopic (exact) mass is 449 g/mol. The Morgan fingerprint density at radius 2 is 1.75 bits per heavy atom. The van der Waals surface area contributed by atoms with E-state index in [2.05, 4.69) is 15.6 Å². The fraction of sp³-hybridized carbons (Fsp3) is 0.238. The van der Waals surface area contributed by atoms with Gasteiger partial charge in [-0.3, -0.25) is 9.59 Å². The van der Waals surface area contributed by atoms with Gasteiger partial charge in [0.15, 0.2) is 5.69 Å². The Morgan fingerprint density at radius 1 is 1.09 bits per heavy atom. The number of carbonyl (C=O) groups is 2. The number of benzene rings is 2. The summed E-state index contributed by atoms with van der Waals surface area (Å²) in [6.45, 7) is 2.83. The molecule has 1 N–H and O–H groups in total. The Kier molecular flexibility index (Phi) is 6.56. The van der Waals surface area contributed by atoms with Crippen molar-refractivity contribution in [3.63, 3.8) is 0 Å². The summed E-state index contributed by atoms with van der Waals surface area (Å²) in [6.07, 6.45) is -4.64. The van der Waals surface area contributed by atoms with Crippen LogP contribution in [0, 0.1) is 12.7 Å². The summed E-state index contributed by atoms with van der Waals surface area (Å²) in [5, 5.41) is 9.99. The molecule has 0 radical (unpaired) electrons. The Morgan fingerprint density at radius 3 is 2.38 bits per heavy atom. The second-order valence-corrected chi connectivity index (χ2v) is 6.82. The molecule has 3 rings (SSSR count). The Balaban J connectivity index is 1.76. The second-order valence-electron chi connectivity index (χ2n) is 6.82. The first-order valence-electron chi connectivity index (χ1n) is 9.55. The molecular weight excluding hydrogens is 430 g/mol. The van der Waals surface area contributed by atoms with Crippen LogP contribution in [0.25, 0.3) is 5.69 Å². The number of aromatic nitrogens is 3. The van der Waals surface area contributed by atoms with Crippen molar-refractivity contribution in [1.29, 1.82) is 0 Å². The number of carbonyl (C=O) groups excluding carboxylic acids is 2. The lowest BCUT2D eigenvalue weighted by atomic mass is 10.1. The largest absolute Gasteiger partial charge is 0.418 e. The molecule has 0 saturated heterocycles. The SMILES string of the molecule is CCN(CC(=O)Nc1ccccc1C(F)(F)F)C(=O)c1nnn(-c2ccc(F)cc2)c1C. The number of nitrogens with zero attached hydrogens (tertiary/aromatic N) is 4. The molecule has 0 atom stereocenters. The minimum Gasteiger partial charge on any atom is -0.328 e. The maximum atomic E-state index is 13.1. The lowest BCUT2D eigenvalue weighted by Crippen LogP contribution is -2.38. The maximum Gasteiger partial charge on any atom is 0.418 e. The number of amides is 2. The zero-order valence-corrected chi connectivity index (χ0v) is 17.2. The van der Waals surface area contributed by atoms with Crippen molar-refractivity contribution in [1.82, 2.24) is 19.9 Å². The highest BCUT2D eigenvalue weighted by Gasteiger charge is 2.34. The summed E-state index contributed by atoms with van der Waals surface area (Å²) in [5.74, 6) is -1.84. The van der Waals surface area contributed by atoms with Gasteiger partial charge in [-0.05, 0) is 50.2 Å². The average Bonchev–Trinajstić information content (AvgIpc) is 3.13. The number of alkyl halides is 3. The number of halogens is 4. The van der Waals surface area contributed by atoms with Crippen LogP contribution in [0.2, 0.25) is 0 Å². The number of hydrogen-bond acceptors (Lipinski definition) is 4. The van der Waals surface area contributed by atoms with Crippen molar-refractivity contribution in [2.45, 2.75) is 20.0 Å². The molecule has 1 heterocycles. The van der Waals surface area contributed by atoms with Crippen molar-refractivity contribution < 1.29 is 27.2 Å². The van der Waals surface area contributed by atoms with E-state index in [9.17, 15) is 27.2 Å². The van der Waals surface area contributed by atoms with Crippen LogP contribution in [-0.4, -0.2) is 44.8 Å². The molecule has 32 heavy (non-hydrogen) atoms. The highest BCUT2D eigenvalue weighted by atomic mass is 19.4. The highest BCUT2D eigenvalue weighted by Crippen LogP contribution is 2.34. The van der Waals surface area contributed by atoms with Crippen LogP contribution in [0.3, 0.4) is 0 Å². The number of anilines is 1. The van der Waals surface area contributed by atoms with E-state index < -0.39 is 41.6 Å². The first-order chi connectivity index (χ1) is 15.1. The maximum absolute atomic E-state index is 13.1. The summed E-state index contributed by atoms with van der Waals surface area (Å²) >= 11 is 0. The Labute approximate surface area is 180 Å². The molecule has 0 aliphatic heterocycles. The van der Waals surface area contributed by atoms with Crippen LogP contribution in [-0.2, 0) is 11.0 Å². The van der Waals surface area contributed by atoms with E-state index in [-0.39, 0.29) is 12.2 Å². The number of likely N-dealkylation sites (N-methyl/N-ethyl adjacent to an activating group) is 1. The molecule has 3 aromatic rings. The molecule has 0 spiro atoms. The normalized spacial score (nSPS) is 11.3. The summed E-state index contributed by atoms with van der Waals surface area (Å²) in [7, 11) is 0. The van der Waals surface area contributed by atoms with Crippen LogP contribution in [0.5, 0.6) is 0 Å². The molecule has 0 aliphatic carbocycles. The van der Waals surface area contributed by atoms with Gasteiger partial charge in [0.2, 0.25) is 5.91 Å².